The lowest BCUT2D eigenvalue weighted by molar-refractivity contribution is 0.0658. The van der Waals surface area contributed by atoms with Crippen molar-refractivity contribution in [2.75, 3.05) is 44.7 Å². The molecule has 0 radical (unpaired) electrons. The van der Waals surface area contributed by atoms with Gasteiger partial charge in [-0.05, 0) is 37.2 Å². The van der Waals surface area contributed by atoms with Crippen molar-refractivity contribution in [1.82, 2.24) is 14.8 Å². The van der Waals surface area contributed by atoms with Gasteiger partial charge < -0.3 is 14.7 Å². The van der Waals surface area contributed by atoms with Gasteiger partial charge in [0, 0.05) is 38.4 Å². The number of carbonyl (C=O) groups is 1. The monoisotopic (exact) mass is 322 g/mol. The third-order valence-electron chi connectivity index (χ3n) is 4.91. The number of hydrogen-bond donors (Lipinski definition) is 0. The van der Waals surface area contributed by atoms with Crippen LogP contribution in [0.3, 0.4) is 0 Å². The molecule has 0 unspecified atom stereocenters. The number of aromatic nitrogens is 1. The Labute approximate surface area is 142 Å². The molecule has 0 spiro atoms. The fraction of sp³-hybridized carbons (Fsp3) is 0.368. The molecule has 0 atom stereocenters. The zero-order chi connectivity index (χ0) is 16.5. The van der Waals surface area contributed by atoms with Crippen molar-refractivity contribution in [1.29, 1.82) is 0 Å². The second kappa shape index (κ2) is 6.24. The number of pyridine rings is 1. The van der Waals surface area contributed by atoms with Gasteiger partial charge in [-0.25, -0.2) is 4.98 Å². The zero-order valence-corrected chi connectivity index (χ0v) is 14.0. The number of likely N-dealkylation sites (N-methyl/N-ethyl adjacent to an activating group) is 1. The second-order valence-corrected chi connectivity index (χ2v) is 6.51. The second-order valence-electron chi connectivity index (χ2n) is 6.51. The highest BCUT2D eigenvalue weighted by Gasteiger charge is 2.24. The van der Waals surface area contributed by atoms with E-state index in [0.717, 1.165) is 45.0 Å². The van der Waals surface area contributed by atoms with E-state index < -0.39 is 0 Å². The largest absolute Gasteiger partial charge is 0.335 e. The van der Waals surface area contributed by atoms with Crippen molar-refractivity contribution in [3.63, 3.8) is 0 Å². The number of amides is 1. The number of piperazine rings is 1. The number of carbonyl (C=O) groups excluding carboxylic acids is 1. The smallest absolute Gasteiger partial charge is 0.272 e. The van der Waals surface area contributed by atoms with Crippen molar-refractivity contribution in [2.45, 2.75) is 6.42 Å². The van der Waals surface area contributed by atoms with Crippen molar-refractivity contribution in [3.8, 4) is 0 Å². The van der Waals surface area contributed by atoms with Gasteiger partial charge in [0.15, 0.2) is 0 Å². The van der Waals surface area contributed by atoms with Crippen LogP contribution in [0.1, 0.15) is 16.1 Å². The normalized spacial score (nSPS) is 17.9. The molecule has 1 fully saturated rings. The number of anilines is 2. The highest BCUT2D eigenvalue weighted by atomic mass is 16.2. The molecule has 24 heavy (non-hydrogen) atoms. The fourth-order valence-corrected chi connectivity index (χ4v) is 3.44. The molecule has 1 saturated heterocycles. The molecule has 1 amide bonds. The van der Waals surface area contributed by atoms with Gasteiger partial charge in [-0.1, -0.05) is 24.3 Å². The quantitative estimate of drug-likeness (QED) is 0.849. The average Bonchev–Trinajstić information content (AvgIpc) is 3.06. The summed E-state index contributed by atoms with van der Waals surface area (Å²) in [5.74, 6) is 0.900. The van der Waals surface area contributed by atoms with Crippen LogP contribution in [0.15, 0.2) is 42.5 Å². The van der Waals surface area contributed by atoms with Crippen LogP contribution in [-0.4, -0.2) is 60.5 Å². The van der Waals surface area contributed by atoms with Crippen LogP contribution >= 0.6 is 0 Å². The summed E-state index contributed by atoms with van der Waals surface area (Å²) >= 11 is 0. The third-order valence-corrected chi connectivity index (χ3v) is 4.91. The van der Waals surface area contributed by atoms with Gasteiger partial charge in [0.2, 0.25) is 0 Å². The Balaban J connectivity index is 1.57. The first-order valence-corrected chi connectivity index (χ1v) is 8.53. The topological polar surface area (TPSA) is 39.7 Å². The van der Waals surface area contributed by atoms with Crippen LogP contribution in [0.4, 0.5) is 11.5 Å². The van der Waals surface area contributed by atoms with E-state index in [9.17, 15) is 4.79 Å². The van der Waals surface area contributed by atoms with Crippen molar-refractivity contribution < 1.29 is 4.79 Å². The Bertz CT molecular complexity index is 753. The van der Waals surface area contributed by atoms with E-state index in [-0.39, 0.29) is 5.91 Å². The number of benzene rings is 1. The Morgan fingerprint density at radius 1 is 0.958 bits per heavy atom. The lowest BCUT2D eigenvalue weighted by Crippen LogP contribution is -2.47. The number of hydrogen-bond acceptors (Lipinski definition) is 4. The number of para-hydroxylation sites is 1. The van der Waals surface area contributed by atoms with Gasteiger partial charge in [0.25, 0.3) is 5.91 Å². The first kappa shape index (κ1) is 15.1. The summed E-state index contributed by atoms with van der Waals surface area (Å²) in [5.41, 5.74) is 3.09. The summed E-state index contributed by atoms with van der Waals surface area (Å²) in [6.45, 7) is 4.30. The van der Waals surface area contributed by atoms with Gasteiger partial charge in [-0.2, -0.15) is 0 Å². The minimum Gasteiger partial charge on any atom is -0.335 e. The third kappa shape index (κ3) is 2.76. The standard InChI is InChI=1S/C19H22N4O/c1-21-11-13-22(14-12-21)19(24)16-6-4-8-18(20-16)23-10-9-15-5-2-3-7-17(15)23/h2-8H,9-14H2,1H3. The van der Waals surface area contributed by atoms with E-state index in [1.165, 1.54) is 11.3 Å². The van der Waals surface area contributed by atoms with E-state index >= 15 is 0 Å². The van der Waals surface area contributed by atoms with Gasteiger partial charge >= 0.3 is 0 Å². The highest BCUT2D eigenvalue weighted by molar-refractivity contribution is 5.93. The summed E-state index contributed by atoms with van der Waals surface area (Å²) in [4.78, 5) is 23.8. The fourth-order valence-electron chi connectivity index (χ4n) is 3.44. The maximum Gasteiger partial charge on any atom is 0.272 e. The van der Waals surface area contributed by atoms with Crippen LogP contribution in [0.2, 0.25) is 0 Å². The Kier molecular flexibility index (Phi) is 3.94. The summed E-state index contributed by atoms with van der Waals surface area (Å²) < 4.78 is 0. The summed E-state index contributed by atoms with van der Waals surface area (Å²) in [6, 6.07) is 14.2. The maximum atomic E-state index is 12.7. The van der Waals surface area contributed by atoms with Gasteiger partial charge in [-0.3, -0.25) is 4.79 Å². The molecular formula is C19H22N4O. The van der Waals surface area contributed by atoms with Crippen LogP contribution < -0.4 is 4.90 Å². The molecule has 2 aromatic rings. The first-order chi connectivity index (χ1) is 11.7. The Morgan fingerprint density at radius 3 is 2.58 bits per heavy atom. The lowest BCUT2D eigenvalue weighted by atomic mass is 10.2. The van der Waals surface area contributed by atoms with Crippen molar-refractivity contribution >= 4 is 17.4 Å². The molecule has 1 aromatic carbocycles. The van der Waals surface area contributed by atoms with Crippen molar-refractivity contribution in [2.24, 2.45) is 0 Å². The molecule has 2 aliphatic heterocycles. The molecule has 0 bridgehead atoms. The predicted molar refractivity (Wildman–Crippen MR) is 94.8 cm³/mol. The molecule has 0 N–H and O–H groups in total. The predicted octanol–water partition coefficient (Wildman–Crippen LogP) is 2.16. The van der Waals surface area contributed by atoms with Crippen LogP contribution in [0.5, 0.6) is 0 Å². The Morgan fingerprint density at radius 2 is 1.75 bits per heavy atom. The van der Waals surface area contributed by atoms with Crippen LogP contribution in [0.25, 0.3) is 0 Å². The SMILES string of the molecule is CN1CCN(C(=O)c2cccc(N3CCc4ccccc43)n2)CC1. The minimum absolute atomic E-state index is 0.0393. The molecule has 5 nitrogen and oxygen atoms in total. The van der Waals surface area contributed by atoms with E-state index in [2.05, 4.69) is 46.1 Å². The molecule has 0 aliphatic carbocycles. The minimum atomic E-state index is 0.0393. The summed E-state index contributed by atoms with van der Waals surface area (Å²) in [5, 5.41) is 0. The molecule has 0 saturated carbocycles. The van der Waals surface area contributed by atoms with Gasteiger partial charge in [0.05, 0.1) is 0 Å². The average molecular weight is 322 g/mol. The molecule has 2 aliphatic rings. The lowest BCUT2D eigenvalue weighted by Gasteiger charge is -2.32. The molecule has 3 heterocycles. The molecule has 5 heteroatoms. The highest BCUT2D eigenvalue weighted by Crippen LogP contribution is 2.33. The molecular weight excluding hydrogens is 300 g/mol. The summed E-state index contributed by atoms with van der Waals surface area (Å²) in [7, 11) is 2.09. The Hall–Kier alpha value is -2.40. The van der Waals surface area contributed by atoms with Crippen LogP contribution in [-0.2, 0) is 6.42 Å². The summed E-state index contributed by atoms with van der Waals surface area (Å²) in [6.07, 6.45) is 1.02. The van der Waals surface area contributed by atoms with Crippen molar-refractivity contribution in [3.05, 3.63) is 53.7 Å². The van der Waals surface area contributed by atoms with E-state index in [0.29, 0.717) is 5.69 Å². The molecule has 1 aromatic heterocycles. The van der Waals surface area contributed by atoms with Gasteiger partial charge in [-0.15, -0.1) is 0 Å². The zero-order valence-electron chi connectivity index (χ0n) is 14.0. The molecule has 124 valence electrons. The van der Waals surface area contributed by atoms with Gasteiger partial charge in [0.1, 0.15) is 11.5 Å². The molecule has 4 rings (SSSR count). The van der Waals surface area contributed by atoms with E-state index in [4.69, 9.17) is 0 Å². The van der Waals surface area contributed by atoms with E-state index in [1.807, 2.05) is 23.1 Å². The number of fused-ring (bicyclic) bond motifs is 1. The first-order valence-electron chi connectivity index (χ1n) is 8.53. The number of nitrogens with zero attached hydrogens (tertiary/aromatic N) is 4. The van der Waals surface area contributed by atoms with E-state index in [1.54, 1.807) is 0 Å². The van der Waals surface area contributed by atoms with Crippen LogP contribution in [0, 0.1) is 0 Å². The number of rotatable bonds is 2. The maximum absolute atomic E-state index is 12.7.